The second kappa shape index (κ2) is 6.96. The van der Waals surface area contributed by atoms with Gasteiger partial charge in [0.25, 0.3) is 0 Å². The van der Waals surface area contributed by atoms with E-state index in [1.165, 1.54) is 0 Å². The van der Waals surface area contributed by atoms with E-state index in [1.807, 2.05) is 55.5 Å². The number of aliphatic hydroxyl groups is 1. The molecule has 0 saturated heterocycles. The quantitative estimate of drug-likeness (QED) is 0.871. The molecule has 0 spiro atoms. The third-order valence-electron chi connectivity index (χ3n) is 3.00. The maximum absolute atomic E-state index is 9.67. The van der Waals surface area contributed by atoms with Crippen molar-refractivity contribution in [3.63, 3.8) is 0 Å². The molecule has 2 rings (SSSR count). The van der Waals surface area contributed by atoms with Crippen LogP contribution in [0, 0.1) is 0 Å². The summed E-state index contributed by atoms with van der Waals surface area (Å²) in [5.41, 5.74) is 1.80. The maximum atomic E-state index is 9.67. The number of ether oxygens (including phenoxy) is 2. The molecule has 2 aromatic carbocycles. The molecule has 0 saturated carbocycles. The third-order valence-corrected chi connectivity index (χ3v) is 3.00. The topological polar surface area (TPSA) is 38.7 Å². The van der Waals surface area contributed by atoms with Gasteiger partial charge in [0.15, 0.2) is 0 Å². The van der Waals surface area contributed by atoms with Crippen LogP contribution in [-0.2, 0) is 6.61 Å². The summed E-state index contributed by atoms with van der Waals surface area (Å²) >= 11 is 0. The van der Waals surface area contributed by atoms with Gasteiger partial charge in [-0.25, -0.2) is 0 Å². The van der Waals surface area contributed by atoms with E-state index >= 15 is 0 Å². The molecule has 1 N–H and O–H groups in total. The van der Waals surface area contributed by atoms with Crippen molar-refractivity contribution < 1.29 is 14.6 Å². The summed E-state index contributed by atoms with van der Waals surface area (Å²) < 4.78 is 11.4. The van der Waals surface area contributed by atoms with Crippen LogP contribution in [0.3, 0.4) is 0 Å². The molecule has 0 bridgehead atoms. The van der Waals surface area contributed by atoms with Crippen molar-refractivity contribution in [2.24, 2.45) is 0 Å². The second-order valence-electron chi connectivity index (χ2n) is 4.58. The fourth-order valence-corrected chi connectivity index (χ4v) is 1.95. The SMILES string of the molecule is CCOc1ccc(C(C)O)cc1COc1ccccc1. The van der Waals surface area contributed by atoms with E-state index in [0.29, 0.717) is 13.2 Å². The monoisotopic (exact) mass is 272 g/mol. The Morgan fingerprint density at radius 1 is 1.05 bits per heavy atom. The van der Waals surface area contributed by atoms with E-state index in [-0.39, 0.29) is 0 Å². The number of hydrogen-bond donors (Lipinski definition) is 1. The summed E-state index contributed by atoms with van der Waals surface area (Å²) in [4.78, 5) is 0. The smallest absolute Gasteiger partial charge is 0.125 e. The average Bonchev–Trinajstić information content (AvgIpc) is 2.47. The van der Waals surface area contributed by atoms with E-state index in [2.05, 4.69) is 0 Å². The van der Waals surface area contributed by atoms with Crippen molar-refractivity contribution in [1.29, 1.82) is 0 Å². The molecular formula is C17H20O3. The Morgan fingerprint density at radius 2 is 1.80 bits per heavy atom. The molecule has 2 aromatic rings. The third kappa shape index (κ3) is 3.75. The number of hydrogen-bond acceptors (Lipinski definition) is 3. The van der Waals surface area contributed by atoms with Gasteiger partial charge in [0.2, 0.25) is 0 Å². The van der Waals surface area contributed by atoms with Crippen LogP contribution in [0.5, 0.6) is 11.5 Å². The summed E-state index contributed by atoms with van der Waals surface area (Å²) in [5.74, 6) is 1.62. The number of rotatable bonds is 6. The first-order valence-electron chi connectivity index (χ1n) is 6.82. The number of aliphatic hydroxyl groups excluding tert-OH is 1. The first kappa shape index (κ1) is 14.4. The first-order chi connectivity index (χ1) is 9.70. The molecule has 0 aromatic heterocycles. The molecule has 0 aliphatic heterocycles. The Balaban J connectivity index is 2.16. The summed E-state index contributed by atoms with van der Waals surface area (Å²) in [6, 6.07) is 15.3. The van der Waals surface area contributed by atoms with Gasteiger partial charge in [-0.3, -0.25) is 0 Å². The van der Waals surface area contributed by atoms with Crippen molar-refractivity contribution in [2.75, 3.05) is 6.61 Å². The molecule has 3 nitrogen and oxygen atoms in total. The zero-order valence-corrected chi connectivity index (χ0v) is 11.9. The minimum absolute atomic E-state index is 0.417. The highest BCUT2D eigenvalue weighted by molar-refractivity contribution is 5.38. The normalized spacial score (nSPS) is 11.9. The highest BCUT2D eigenvalue weighted by Gasteiger charge is 2.09. The van der Waals surface area contributed by atoms with Crippen LogP contribution in [0.15, 0.2) is 48.5 Å². The lowest BCUT2D eigenvalue weighted by Gasteiger charge is -2.14. The van der Waals surface area contributed by atoms with Crippen LogP contribution in [-0.4, -0.2) is 11.7 Å². The van der Waals surface area contributed by atoms with Crippen LogP contribution in [0.1, 0.15) is 31.1 Å². The fraction of sp³-hybridized carbons (Fsp3) is 0.294. The minimum atomic E-state index is -0.499. The first-order valence-corrected chi connectivity index (χ1v) is 6.82. The van der Waals surface area contributed by atoms with Crippen molar-refractivity contribution in [2.45, 2.75) is 26.6 Å². The molecule has 3 heteroatoms. The van der Waals surface area contributed by atoms with Crippen molar-refractivity contribution >= 4 is 0 Å². The summed E-state index contributed by atoms with van der Waals surface area (Å²) in [6.07, 6.45) is -0.499. The predicted molar refractivity (Wildman–Crippen MR) is 79.0 cm³/mol. The Labute approximate surface area is 119 Å². The molecule has 0 fully saturated rings. The van der Waals surface area contributed by atoms with Gasteiger partial charge in [-0.15, -0.1) is 0 Å². The van der Waals surface area contributed by atoms with Gasteiger partial charge in [-0.2, -0.15) is 0 Å². The van der Waals surface area contributed by atoms with E-state index in [0.717, 1.165) is 22.6 Å². The molecule has 0 heterocycles. The Kier molecular flexibility index (Phi) is 5.02. The van der Waals surface area contributed by atoms with E-state index in [4.69, 9.17) is 9.47 Å². The van der Waals surface area contributed by atoms with Crippen molar-refractivity contribution in [1.82, 2.24) is 0 Å². The molecule has 0 aliphatic rings. The van der Waals surface area contributed by atoms with Gasteiger partial charge in [-0.1, -0.05) is 24.3 Å². The van der Waals surface area contributed by atoms with E-state index < -0.39 is 6.10 Å². The van der Waals surface area contributed by atoms with Crippen LogP contribution >= 0.6 is 0 Å². The number of benzene rings is 2. The highest BCUT2D eigenvalue weighted by atomic mass is 16.5. The molecular weight excluding hydrogens is 252 g/mol. The predicted octanol–water partition coefficient (Wildman–Crippen LogP) is 3.72. The summed E-state index contributed by atoms with van der Waals surface area (Å²) in [6.45, 7) is 4.72. The Morgan fingerprint density at radius 3 is 2.45 bits per heavy atom. The molecule has 1 unspecified atom stereocenters. The Bertz CT molecular complexity index is 535. The average molecular weight is 272 g/mol. The van der Waals surface area contributed by atoms with Gasteiger partial charge in [-0.05, 0) is 43.7 Å². The molecule has 0 amide bonds. The maximum Gasteiger partial charge on any atom is 0.125 e. The minimum Gasteiger partial charge on any atom is -0.493 e. The van der Waals surface area contributed by atoms with Crippen LogP contribution in [0.4, 0.5) is 0 Å². The molecule has 20 heavy (non-hydrogen) atoms. The Hall–Kier alpha value is -2.00. The lowest BCUT2D eigenvalue weighted by atomic mass is 10.1. The highest BCUT2D eigenvalue weighted by Crippen LogP contribution is 2.25. The van der Waals surface area contributed by atoms with Gasteiger partial charge in [0.05, 0.1) is 12.7 Å². The molecule has 0 aliphatic carbocycles. The zero-order chi connectivity index (χ0) is 14.4. The van der Waals surface area contributed by atoms with Gasteiger partial charge >= 0.3 is 0 Å². The molecule has 0 radical (unpaired) electrons. The molecule has 1 atom stereocenters. The lowest BCUT2D eigenvalue weighted by molar-refractivity contribution is 0.198. The van der Waals surface area contributed by atoms with E-state index in [9.17, 15) is 5.11 Å². The molecule has 106 valence electrons. The summed E-state index contributed by atoms with van der Waals surface area (Å²) in [7, 11) is 0. The fourth-order valence-electron chi connectivity index (χ4n) is 1.95. The zero-order valence-electron chi connectivity index (χ0n) is 11.9. The van der Waals surface area contributed by atoms with Crippen LogP contribution in [0.25, 0.3) is 0 Å². The van der Waals surface area contributed by atoms with Crippen LogP contribution in [0.2, 0.25) is 0 Å². The lowest BCUT2D eigenvalue weighted by Crippen LogP contribution is -2.03. The second-order valence-corrected chi connectivity index (χ2v) is 4.58. The standard InChI is InChI=1S/C17H20O3/c1-3-19-17-10-9-14(13(2)18)11-15(17)12-20-16-7-5-4-6-8-16/h4-11,13,18H,3,12H2,1-2H3. The van der Waals surface area contributed by atoms with Gasteiger partial charge in [0.1, 0.15) is 18.1 Å². The van der Waals surface area contributed by atoms with Crippen molar-refractivity contribution in [3.05, 3.63) is 59.7 Å². The van der Waals surface area contributed by atoms with Crippen LogP contribution < -0.4 is 9.47 Å². The van der Waals surface area contributed by atoms with E-state index in [1.54, 1.807) is 6.92 Å². The van der Waals surface area contributed by atoms with Gasteiger partial charge < -0.3 is 14.6 Å². The summed E-state index contributed by atoms with van der Waals surface area (Å²) in [5, 5.41) is 9.67. The van der Waals surface area contributed by atoms with Gasteiger partial charge in [0, 0.05) is 5.56 Å². The number of para-hydroxylation sites is 1. The largest absolute Gasteiger partial charge is 0.493 e. The van der Waals surface area contributed by atoms with Crippen molar-refractivity contribution in [3.8, 4) is 11.5 Å².